The van der Waals surface area contributed by atoms with Gasteiger partial charge in [0.2, 0.25) is 0 Å². The minimum Gasteiger partial charge on any atom is -0.507 e. The lowest BCUT2D eigenvalue weighted by Crippen LogP contribution is -2.44. The number of phenols is 1. The number of urea groups is 1. The third-order valence-corrected chi connectivity index (χ3v) is 4.79. The first-order valence-corrected chi connectivity index (χ1v) is 7.92. The van der Waals surface area contributed by atoms with Gasteiger partial charge in [-0.2, -0.15) is 0 Å². The molecular weight excluding hydrogens is 292 g/mol. The predicted octanol–water partition coefficient (Wildman–Crippen LogP) is 2.84. The summed E-state index contributed by atoms with van der Waals surface area (Å²) >= 11 is 0. The Morgan fingerprint density at radius 1 is 1.17 bits per heavy atom. The van der Waals surface area contributed by atoms with Crippen molar-refractivity contribution in [2.75, 3.05) is 0 Å². The van der Waals surface area contributed by atoms with Crippen molar-refractivity contribution in [1.82, 2.24) is 10.6 Å². The van der Waals surface area contributed by atoms with E-state index < -0.39 is 11.6 Å². The van der Waals surface area contributed by atoms with E-state index in [1.165, 1.54) is 0 Å². The highest BCUT2D eigenvalue weighted by atomic mass is 16.3. The fraction of sp³-hybridized carbons (Fsp3) is 0.556. The molecule has 1 aromatic carbocycles. The molecule has 3 amide bonds. The molecule has 0 spiro atoms. The number of aryl methyl sites for hydroxylation is 1. The van der Waals surface area contributed by atoms with Gasteiger partial charge in [0.15, 0.2) is 0 Å². The maximum Gasteiger partial charge on any atom is 0.322 e. The van der Waals surface area contributed by atoms with Crippen molar-refractivity contribution in [3.8, 4) is 5.75 Å². The molecule has 0 radical (unpaired) electrons. The van der Waals surface area contributed by atoms with Crippen LogP contribution in [0.3, 0.4) is 0 Å². The van der Waals surface area contributed by atoms with Gasteiger partial charge in [0.25, 0.3) is 5.91 Å². The normalized spacial score (nSPS) is 21.3. The van der Waals surface area contributed by atoms with E-state index in [4.69, 9.17) is 0 Å². The first kappa shape index (κ1) is 17.3. The summed E-state index contributed by atoms with van der Waals surface area (Å²) in [5, 5.41) is 15.4. The lowest BCUT2D eigenvalue weighted by molar-refractivity contribution is -0.123. The Morgan fingerprint density at radius 2 is 1.78 bits per heavy atom. The third-order valence-electron chi connectivity index (χ3n) is 4.79. The molecule has 1 aliphatic rings. The number of imide groups is 1. The quantitative estimate of drug-likeness (QED) is 0.750. The van der Waals surface area contributed by atoms with Gasteiger partial charge in [0.1, 0.15) is 11.3 Å². The summed E-state index contributed by atoms with van der Waals surface area (Å²) in [7, 11) is 0. The van der Waals surface area contributed by atoms with E-state index in [1.54, 1.807) is 6.92 Å². The van der Waals surface area contributed by atoms with E-state index in [-0.39, 0.29) is 11.3 Å². The average Bonchev–Trinajstić information content (AvgIpc) is 2.67. The highest BCUT2D eigenvalue weighted by Gasteiger charge is 2.41. The lowest BCUT2D eigenvalue weighted by Gasteiger charge is -2.26. The molecule has 0 aromatic heterocycles. The minimum atomic E-state index is -0.878. The average molecular weight is 318 g/mol. The minimum absolute atomic E-state index is 0.167. The Labute approximate surface area is 137 Å². The molecule has 5 heteroatoms. The zero-order chi connectivity index (χ0) is 17.6. The summed E-state index contributed by atoms with van der Waals surface area (Å²) in [5.41, 5.74) is 2.86. The number of benzene rings is 1. The predicted molar refractivity (Wildman–Crippen MR) is 89.7 cm³/mol. The van der Waals surface area contributed by atoms with Gasteiger partial charge < -0.3 is 10.4 Å². The maximum atomic E-state index is 11.9. The van der Waals surface area contributed by atoms with Crippen molar-refractivity contribution in [3.05, 3.63) is 28.3 Å². The van der Waals surface area contributed by atoms with Crippen molar-refractivity contribution in [2.24, 2.45) is 0 Å². The Hall–Kier alpha value is -2.04. The fourth-order valence-electron chi connectivity index (χ4n) is 2.94. The van der Waals surface area contributed by atoms with Crippen molar-refractivity contribution in [1.29, 1.82) is 0 Å². The molecule has 0 saturated carbocycles. The van der Waals surface area contributed by atoms with Gasteiger partial charge in [-0.1, -0.05) is 26.8 Å². The number of phenolic OH excluding ortho intramolecular Hbond substituents is 1. The summed E-state index contributed by atoms with van der Waals surface area (Å²) in [4.78, 5) is 23.3. The van der Waals surface area contributed by atoms with Crippen molar-refractivity contribution in [3.63, 3.8) is 0 Å². The maximum absolute atomic E-state index is 11.9. The second-order valence-electron chi connectivity index (χ2n) is 7.67. The molecule has 1 saturated heterocycles. The van der Waals surface area contributed by atoms with Gasteiger partial charge >= 0.3 is 6.03 Å². The van der Waals surface area contributed by atoms with Crippen LogP contribution in [0.15, 0.2) is 6.07 Å². The molecule has 1 aliphatic heterocycles. The molecule has 1 aromatic rings. The molecule has 1 unspecified atom stereocenters. The van der Waals surface area contributed by atoms with E-state index in [2.05, 4.69) is 31.4 Å². The first-order chi connectivity index (χ1) is 10.5. The second-order valence-corrected chi connectivity index (χ2v) is 7.67. The smallest absolute Gasteiger partial charge is 0.322 e. The lowest BCUT2D eigenvalue weighted by atomic mass is 9.81. The molecule has 1 fully saturated rings. The zero-order valence-corrected chi connectivity index (χ0v) is 14.8. The molecule has 0 aliphatic carbocycles. The SMILES string of the molecule is Cc1c(CCC2(C)NC(=O)NC2=O)cc(C(C)(C)C)c(O)c1C. The molecule has 1 heterocycles. The van der Waals surface area contributed by atoms with Gasteiger partial charge in [-0.15, -0.1) is 0 Å². The monoisotopic (exact) mass is 318 g/mol. The number of amides is 3. The van der Waals surface area contributed by atoms with Crippen molar-refractivity contribution < 1.29 is 14.7 Å². The molecule has 5 nitrogen and oxygen atoms in total. The summed E-state index contributed by atoms with van der Waals surface area (Å²) in [6.07, 6.45) is 1.17. The van der Waals surface area contributed by atoms with E-state index >= 15 is 0 Å². The number of carbonyl (C=O) groups excluding carboxylic acids is 2. The standard InChI is InChI=1S/C18H26N2O3/c1-10-11(2)14(21)13(17(3,4)5)9-12(10)7-8-18(6)15(22)19-16(23)20-18/h9,21H,7-8H2,1-6H3,(H2,19,20,22,23). The molecule has 1 atom stereocenters. The number of hydrogen-bond donors (Lipinski definition) is 3. The van der Waals surface area contributed by atoms with Crippen LogP contribution in [0.5, 0.6) is 5.75 Å². The van der Waals surface area contributed by atoms with Crippen LogP contribution in [-0.4, -0.2) is 22.6 Å². The third kappa shape index (κ3) is 3.19. The van der Waals surface area contributed by atoms with Crippen LogP contribution in [0, 0.1) is 13.8 Å². The van der Waals surface area contributed by atoms with Crippen LogP contribution >= 0.6 is 0 Å². The van der Waals surface area contributed by atoms with Crippen LogP contribution < -0.4 is 10.6 Å². The van der Waals surface area contributed by atoms with Gasteiger partial charge in [0, 0.05) is 0 Å². The summed E-state index contributed by atoms with van der Waals surface area (Å²) < 4.78 is 0. The number of hydrogen-bond acceptors (Lipinski definition) is 3. The van der Waals surface area contributed by atoms with Gasteiger partial charge in [-0.3, -0.25) is 10.1 Å². The van der Waals surface area contributed by atoms with E-state index in [0.29, 0.717) is 18.6 Å². The second kappa shape index (κ2) is 5.55. The van der Waals surface area contributed by atoms with Crippen LogP contribution in [0.4, 0.5) is 4.79 Å². The van der Waals surface area contributed by atoms with Crippen LogP contribution in [-0.2, 0) is 16.6 Å². The number of rotatable bonds is 3. The van der Waals surface area contributed by atoms with Crippen LogP contribution in [0.1, 0.15) is 56.4 Å². The number of carbonyl (C=O) groups is 2. The molecule has 126 valence electrons. The van der Waals surface area contributed by atoms with E-state index in [0.717, 1.165) is 22.3 Å². The highest BCUT2D eigenvalue weighted by molar-refractivity contribution is 6.06. The summed E-state index contributed by atoms with van der Waals surface area (Å²) in [5.74, 6) is 0.0589. The van der Waals surface area contributed by atoms with E-state index in [9.17, 15) is 14.7 Å². The van der Waals surface area contributed by atoms with Crippen molar-refractivity contribution >= 4 is 11.9 Å². The Morgan fingerprint density at radius 3 is 2.26 bits per heavy atom. The first-order valence-electron chi connectivity index (χ1n) is 7.92. The van der Waals surface area contributed by atoms with Crippen molar-refractivity contribution in [2.45, 2.75) is 65.3 Å². The van der Waals surface area contributed by atoms with E-state index in [1.807, 2.05) is 19.9 Å². The topological polar surface area (TPSA) is 78.4 Å². The van der Waals surface area contributed by atoms with Gasteiger partial charge in [-0.05, 0) is 61.3 Å². The highest BCUT2D eigenvalue weighted by Crippen LogP contribution is 2.37. The molecule has 2 rings (SSSR count). The van der Waals surface area contributed by atoms with Gasteiger partial charge in [0.05, 0.1) is 0 Å². The largest absolute Gasteiger partial charge is 0.507 e. The summed E-state index contributed by atoms with van der Waals surface area (Å²) in [6.45, 7) is 11.8. The molecule has 3 N–H and O–H groups in total. The Balaban J connectivity index is 2.32. The van der Waals surface area contributed by atoms with Gasteiger partial charge in [-0.25, -0.2) is 4.79 Å². The molecule has 23 heavy (non-hydrogen) atoms. The Kier molecular flexibility index (Phi) is 4.18. The molecule has 0 bridgehead atoms. The number of nitrogens with one attached hydrogen (secondary N) is 2. The van der Waals surface area contributed by atoms with Crippen LogP contribution in [0.2, 0.25) is 0 Å². The number of aromatic hydroxyl groups is 1. The Bertz CT molecular complexity index is 674. The van der Waals surface area contributed by atoms with Crippen LogP contribution in [0.25, 0.3) is 0 Å². The fourth-order valence-corrected chi connectivity index (χ4v) is 2.94. The zero-order valence-electron chi connectivity index (χ0n) is 14.8. The summed E-state index contributed by atoms with van der Waals surface area (Å²) in [6, 6.07) is 1.59. The molecular formula is C18H26N2O3.